The number of halogens is 2. The molecule has 0 aromatic heterocycles. The minimum absolute atomic E-state index is 0.119. The Bertz CT molecular complexity index is 609. The lowest BCUT2D eigenvalue weighted by Crippen LogP contribution is -2.39. The molecule has 0 aliphatic carbocycles. The lowest BCUT2D eigenvalue weighted by molar-refractivity contribution is -0.141. The topological polar surface area (TPSA) is 60.9 Å². The molecule has 1 amide bonds. The molecular formula is C16H20F2N2O3. The quantitative estimate of drug-likeness (QED) is 0.898. The summed E-state index contributed by atoms with van der Waals surface area (Å²) in [5, 5.41) is 8.97. The fourth-order valence-electron chi connectivity index (χ4n) is 2.69. The first-order valence-electron chi connectivity index (χ1n) is 7.45. The van der Waals surface area contributed by atoms with Crippen molar-refractivity contribution < 1.29 is 23.5 Å². The van der Waals surface area contributed by atoms with Gasteiger partial charge in [-0.15, -0.1) is 0 Å². The predicted octanol–water partition coefficient (Wildman–Crippen LogP) is 1.89. The molecule has 1 fully saturated rings. The first-order valence-corrected chi connectivity index (χ1v) is 7.45. The Morgan fingerprint density at radius 1 is 1.39 bits per heavy atom. The van der Waals surface area contributed by atoms with E-state index in [4.69, 9.17) is 5.11 Å². The number of carbonyl (C=O) groups excluding carboxylic acids is 1. The molecule has 1 aliphatic heterocycles. The molecule has 126 valence electrons. The van der Waals surface area contributed by atoms with E-state index < -0.39 is 29.6 Å². The molecule has 1 aliphatic rings. The average molecular weight is 326 g/mol. The van der Waals surface area contributed by atoms with Crippen LogP contribution in [-0.4, -0.2) is 53.5 Å². The zero-order chi connectivity index (χ0) is 17.1. The van der Waals surface area contributed by atoms with Gasteiger partial charge in [-0.1, -0.05) is 6.07 Å². The molecule has 2 unspecified atom stereocenters. The number of nitrogens with zero attached hydrogens (tertiary/aromatic N) is 2. The summed E-state index contributed by atoms with van der Waals surface area (Å²) in [5.74, 6) is -3.33. The van der Waals surface area contributed by atoms with Crippen LogP contribution in [0.1, 0.15) is 24.9 Å². The monoisotopic (exact) mass is 326 g/mol. The van der Waals surface area contributed by atoms with Gasteiger partial charge in [-0.3, -0.25) is 14.5 Å². The van der Waals surface area contributed by atoms with E-state index in [2.05, 4.69) is 0 Å². The SMILES string of the molecule is CC(c1ccc(F)c(F)c1)N(C)C(=O)CN1CCC(C(=O)O)C1. The molecule has 0 spiro atoms. The van der Waals surface area contributed by atoms with Gasteiger partial charge >= 0.3 is 5.97 Å². The molecule has 2 atom stereocenters. The lowest BCUT2D eigenvalue weighted by atomic mass is 10.1. The highest BCUT2D eigenvalue weighted by atomic mass is 19.2. The summed E-state index contributed by atoms with van der Waals surface area (Å²) in [4.78, 5) is 26.5. The third kappa shape index (κ3) is 4.04. The van der Waals surface area contributed by atoms with Crippen molar-refractivity contribution in [3.8, 4) is 0 Å². The molecular weight excluding hydrogens is 306 g/mol. The van der Waals surface area contributed by atoms with Gasteiger partial charge in [0.2, 0.25) is 5.91 Å². The van der Waals surface area contributed by atoms with E-state index in [9.17, 15) is 18.4 Å². The number of likely N-dealkylation sites (tertiary alicyclic amines) is 1. The van der Waals surface area contributed by atoms with Crippen LogP contribution in [0.5, 0.6) is 0 Å². The molecule has 1 aromatic rings. The second-order valence-electron chi connectivity index (χ2n) is 5.91. The third-order valence-corrected chi connectivity index (χ3v) is 4.38. The number of amides is 1. The molecule has 23 heavy (non-hydrogen) atoms. The smallest absolute Gasteiger partial charge is 0.307 e. The van der Waals surface area contributed by atoms with E-state index in [-0.39, 0.29) is 12.5 Å². The van der Waals surface area contributed by atoms with Gasteiger partial charge in [0.05, 0.1) is 18.5 Å². The third-order valence-electron chi connectivity index (χ3n) is 4.38. The Hall–Kier alpha value is -2.02. The largest absolute Gasteiger partial charge is 0.481 e. The van der Waals surface area contributed by atoms with Crippen LogP contribution < -0.4 is 0 Å². The van der Waals surface area contributed by atoms with Gasteiger partial charge in [0, 0.05) is 13.6 Å². The van der Waals surface area contributed by atoms with E-state index in [1.54, 1.807) is 18.9 Å². The molecule has 1 saturated heterocycles. The molecule has 2 rings (SSSR count). The first-order chi connectivity index (χ1) is 10.8. The Kier molecular flexibility index (Phi) is 5.30. The van der Waals surface area contributed by atoms with Gasteiger partial charge in [0.15, 0.2) is 11.6 Å². The maximum atomic E-state index is 13.3. The first kappa shape index (κ1) is 17.3. The fourth-order valence-corrected chi connectivity index (χ4v) is 2.69. The van der Waals surface area contributed by atoms with Crippen molar-refractivity contribution in [1.29, 1.82) is 0 Å². The van der Waals surface area contributed by atoms with E-state index in [1.807, 2.05) is 0 Å². The Labute approximate surface area is 133 Å². The zero-order valence-electron chi connectivity index (χ0n) is 13.1. The normalized spacial score (nSPS) is 19.6. The summed E-state index contributed by atoms with van der Waals surface area (Å²) in [7, 11) is 1.60. The van der Waals surface area contributed by atoms with Crippen LogP contribution in [0.25, 0.3) is 0 Å². The highest BCUT2D eigenvalue weighted by molar-refractivity contribution is 5.78. The second-order valence-corrected chi connectivity index (χ2v) is 5.91. The van der Waals surface area contributed by atoms with Crippen molar-refractivity contribution >= 4 is 11.9 Å². The number of rotatable bonds is 5. The maximum absolute atomic E-state index is 13.3. The summed E-state index contributed by atoms with van der Waals surface area (Å²) in [6.45, 7) is 2.77. The number of carbonyl (C=O) groups is 2. The molecule has 5 nitrogen and oxygen atoms in total. The lowest BCUT2D eigenvalue weighted by Gasteiger charge is -2.27. The van der Waals surface area contributed by atoms with Crippen LogP contribution in [0.2, 0.25) is 0 Å². The second kappa shape index (κ2) is 7.04. The van der Waals surface area contributed by atoms with Crippen LogP contribution in [0, 0.1) is 17.6 Å². The minimum Gasteiger partial charge on any atom is -0.481 e. The number of likely N-dealkylation sites (N-methyl/N-ethyl adjacent to an activating group) is 1. The van der Waals surface area contributed by atoms with E-state index in [1.165, 1.54) is 11.0 Å². The van der Waals surface area contributed by atoms with Crippen LogP contribution in [0.3, 0.4) is 0 Å². The van der Waals surface area contributed by atoms with Crippen LogP contribution in [0.15, 0.2) is 18.2 Å². The summed E-state index contributed by atoms with van der Waals surface area (Å²) < 4.78 is 26.3. The average Bonchev–Trinajstić information content (AvgIpc) is 2.97. The Morgan fingerprint density at radius 2 is 2.09 bits per heavy atom. The van der Waals surface area contributed by atoms with Gasteiger partial charge < -0.3 is 10.0 Å². The van der Waals surface area contributed by atoms with Gasteiger partial charge in [0.25, 0.3) is 0 Å². The van der Waals surface area contributed by atoms with E-state index in [0.29, 0.717) is 25.1 Å². The van der Waals surface area contributed by atoms with E-state index in [0.717, 1.165) is 12.1 Å². The Morgan fingerprint density at radius 3 is 2.65 bits per heavy atom. The highest BCUT2D eigenvalue weighted by Crippen LogP contribution is 2.22. The van der Waals surface area contributed by atoms with Crippen molar-refractivity contribution in [3.05, 3.63) is 35.4 Å². The number of hydrogen-bond donors (Lipinski definition) is 1. The van der Waals surface area contributed by atoms with Crippen LogP contribution >= 0.6 is 0 Å². The van der Waals surface area contributed by atoms with Gasteiger partial charge in [-0.2, -0.15) is 0 Å². The minimum atomic E-state index is -0.945. The maximum Gasteiger partial charge on any atom is 0.307 e. The van der Waals surface area contributed by atoms with Crippen LogP contribution in [0.4, 0.5) is 8.78 Å². The predicted molar refractivity (Wildman–Crippen MR) is 79.7 cm³/mol. The number of carboxylic acid groups (broad SMARTS) is 1. The Balaban J connectivity index is 1.96. The van der Waals surface area contributed by atoms with Crippen molar-refractivity contribution in [2.45, 2.75) is 19.4 Å². The van der Waals surface area contributed by atoms with Crippen molar-refractivity contribution in [1.82, 2.24) is 9.80 Å². The molecule has 1 aromatic carbocycles. The van der Waals surface area contributed by atoms with Gasteiger partial charge in [-0.05, 0) is 37.6 Å². The van der Waals surface area contributed by atoms with E-state index >= 15 is 0 Å². The summed E-state index contributed by atoms with van der Waals surface area (Å²) in [5.41, 5.74) is 0.504. The molecule has 0 radical (unpaired) electrons. The van der Waals surface area contributed by atoms with Crippen molar-refractivity contribution in [2.75, 3.05) is 26.7 Å². The van der Waals surface area contributed by atoms with Crippen molar-refractivity contribution in [2.24, 2.45) is 5.92 Å². The number of benzene rings is 1. The molecule has 7 heteroatoms. The van der Waals surface area contributed by atoms with Gasteiger partial charge in [-0.25, -0.2) is 8.78 Å². The molecule has 1 heterocycles. The molecule has 0 saturated carbocycles. The van der Waals surface area contributed by atoms with Gasteiger partial charge in [0.1, 0.15) is 0 Å². The molecule has 1 N–H and O–H groups in total. The zero-order valence-corrected chi connectivity index (χ0v) is 13.1. The number of carboxylic acids is 1. The van der Waals surface area contributed by atoms with Crippen LogP contribution in [-0.2, 0) is 9.59 Å². The summed E-state index contributed by atoms with van der Waals surface area (Å²) in [6, 6.07) is 3.16. The summed E-state index contributed by atoms with van der Waals surface area (Å²) in [6.07, 6.45) is 0.533. The standard InChI is InChI=1S/C16H20F2N2O3/c1-10(11-3-4-13(17)14(18)7-11)19(2)15(21)9-20-6-5-12(8-20)16(22)23/h3-4,7,10,12H,5-6,8-9H2,1-2H3,(H,22,23). The number of aliphatic carboxylic acids is 1. The molecule has 0 bridgehead atoms. The fraction of sp³-hybridized carbons (Fsp3) is 0.500. The number of hydrogen-bond acceptors (Lipinski definition) is 3. The highest BCUT2D eigenvalue weighted by Gasteiger charge is 2.30. The van der Waals surface area contributed by atoms with Crippen molar-refractivity contribution in [3.63, 3.8) is 0 Å². The summed E-state index contributed by atoms with van der Waals surface area (Å²) >= 11 is 0.